The molecule has 32 heavy (non-hydrogen) atoms. The maximum Gasteiger partial charge on any atom is 0.354 e. The number of nitrogens with one attached hydrogen (secondary N) is 1. The van der Waals surface area contributed by atoms with Gasteiger partial charge in [-0.2, -0.15) is 5.10 Å². The zero-order valence-electron chi connectivity index (χ0n) is 18.2. The monoisotopic (exact) mass is 450 g/mol. The van der Waals surface area contributed by atoms with Gasteiger partial charge in [-0.1, -0.05) is 32.0 Å². The van der Waals surface area contributed by atoms with Crippen LogP contribution in [0.25, 0.3) is 5.69 Å². The van der Waals surface area contributed by atoms with Crippen molar-refractivity contribution in [2.45, 2.75) is 56.4 Å². The maximum atomic E-state index is 13.1. The summed E-state index contributed by atoms with van der Waals surface area (Å²) in [5.74, 6) is 0. The molecule has 9 heteroatoms. The molecule has 0 spiro atoms. The standard InChI is InChI=1S/C23H26N6O2S/c1-23(2)13-11-17-20(16-9-6-10-18(16)25-21(17)23)26-22(30)28-32(24,31)19-12-14-29(27-19)15-7-4-3-5-8-15/h3-5,7-8,12,14H,6,9-11,13H2,1-2H3,(H3,24,25,26,28,30,31)/t32-/m1/s1. The van der Waals surface area contributed by atoms with E-state index in [0.717, 1.165) is 66.0 Å². The number of hydrogen-bond donors (Lipinski definition) is 2. The van der Waals surface area contributed by atoms with Gasteiger partial charge in [0.05, 0.1) is 17.1 Å². The van der Waals surface area contributed by atoms with Gasteiger partial charge in [0, 0.05) is 17.3 Å². The lowest BCUT2D eigenvalue weighted by Gasteiger charge is -2.20. The number of pyridine rings is 1. The Morgan fingerprint density at radius 2 is 1.94 bits per heavy atom. The van der Waals surface area contributed by atoms with E-state index < -0.39 is 15.9 Å². The number of benzene rings is 1. The summed E-state index contributed by atoms with van der Waals surface area (Å²) in [7, 11) is -3.50. The highest BCUT2D eigenvalue weighted by Gasteiger charge is 2.36. The van der Waals surface area contributed by atoms with Gasteiger partial charge < -0.3 is 5.32 Å². The predicted octanol–water partition coefficient (Wildman–Crippen LogP) is 3.91. The number of aromatic nitrogens is 3. The van der Waals surface area contributed by atoms with Crippen molar-refractivity contribution >= 4 is 21.6 Å². The first-order chi connectivity index (χ1) is 15.2. The van der Waals surface area contributed by atoms with E-state index in [-0.39, 0.29) is 10.4 Å². The molecular formula is C23H26N6O2S. The second-order valence-electron chi connectivity index (χ2n) is 9.00. The molecule has 0 saturated carbocycles. The van der Waals surface area contributed by atoms with Crippen molar-refractivity contribution in [3.8, 4) is 5.69 Å². The van der Waals surface area contributed by atoms with Crippen molar-refractivity contribution in [1.82, 2.24) is 14.8 Å². The van der Waals surface area contributed by atoms with Crippen LogP contribution in [0.5, 0.6) is 0 Å². The lowest BCUT2D eigenvalue weighted by Crippen LogP contribution is -2.20. The molecule has 0 saturated heterocycles. The van der Waals surface area contributed by atoms with Crippen LogP contribution in [-0.4, -0.2) is 25.0 Å². The Bertz CT molecular complexity index is 1340. The minimum atomic E-state index is -3.50. The Morgan fingerprint density at radius 3 is 2.72 bits per heavy atom. The van der Waals surface area contributed by atoms with Crippen LogP contribution < -0.4 is 10.5 Å². The summed E-state index contributed by atoms with van der Waals surface area (Å²) in [4.78, 5) is 17.8. The van der Waals surface area contributed by atoms with E-state index >= 15 is 0 Å². The topological polar surface area (TPSA) is 115 Å². The largest absolute Gasteiger partial charge is 0.354 e. The fourth-order valence-electron chi connectivity index (χ4n) is 4.62. The number of urea groups is 1. The van der Waals surface area contributed by atoms with Crippen LogP contribution in [0.3, 0.4) is 0 Å². The van der Waals surface area contributed by atoms with E-state index in [9.17, 15) is 9.00 Å². The summed E-state index contributed by atoms with van der Waals surface area (Å²) in [6.45, 7) is 4.36. The number of hydrogen-bond acceptors (Lipinski definition) is 4. The van der Waals surface area contributed by atoms with Gasteiger partial charge in [-0.15, -0.1) is 4.36 Å². The number of para-hydroxylation sites is 1. The van der Waals surface area contributed by atoms with Gasteiger partial charge in [-0.05, 0) is 61.4 Å². The third kappa shape index (κ3) is 3.61. The zero-order valence-corrected chi connectivity index (χ0v) is 19.0. The van der Waals surface area contributed by atoms with Crippen molar-refractivity contribution in [3.05, 3.63) is 65.1 Å². The number of nitrogens with two attached hydrogens (primary N) is 1. The van der Waals surface area contributed by atoms with E-state index in [4.69, 9.17) is 10.1 Å². The summed E-state index contributed by atoms with van der Waals surface area (Å²) in [6, 6.07) is 10.2. The summed E-state index contributed by atoms with van der Waals surface area (Å²) >= 11 is 0. The third-order valence-electron chi connectivity index (χ3n) is 6.30. The first kappa shape index (κ1) is 20.8. The number of carbonyl (C=O) groups is 1. The van der Waals surface area contributed by atoms with Crippen molar-refractivity contribution in [1.29, 1.82) is 0 Å². The molecule has 1 atom stereocenters. The Labute approximate surface area is 187 Å². The fraction of sp³-hybridized carbons (Fsp3) is 0.348. The summed E-state index contributed by atoms with van der Waals surface area (Å²) in [6.07, 6.45) is 6.25. The van der Waals surface area contributed by atoms with Gasteiger partial charge >= 0.3 is 6.03 Å². The van der Waals surface area contributed by atoms with E-state index in [1.54, 1.807) is 10.9 Å². The maximum absolute atomic E-state index is 13.1. The predicted molar refractivity (Wildman–Crippen MR) is 123 cm³/mol. The molecule has 0 aliphatic heterocycles. The highest BCUT2D eigenvalue weighted by molar-refractivity contribution is 7.91. The van der Waals surface area contributed by atoms with Crippen molar-refractivity contribution in [2.24, 2.45) is 9.50 Å². The Kier molecular flexibility index (Phi) is 4.90. The molecule has 1 aromatic carbocycles. The van der Waals surface area contributed by atoms with E-state index in [0.29, 0.717) is 0 Å². The molecule has 2 aliphatic rings. The minimum absolute atomic E-state index is 0.0325. The number of anilines is 1. The molecule has 2 aromatic heterocycles. The molecule has 3 aromatic rings. The van der Waals surface area contributed by atoms with Gasteiger partial charge in [0.15, 0.2) is 14.9 Å². The van der Waals surface area contributed by atoms with E-state index in [1.807, 2.05) is 30.3 Å². The number of aryl methyl sites for hydroxylation is 1. The first-order valence-corrected chi connectivity index (χ1v) is 12.3. The van der Waals surface area contributed by atoms with Crippen LogP contribution in [-0.2, 0) is 34.6 Å². The Hall–Kier alpha value is -3.04. The van der Waals surface area contributed by atoms with Gasteiger partial charge in [-0.3, -0.25) is 4.98 Å². The molecule has 2 heterocycles. The molecule has 0 radical (unpaired) electrons. The molecule has 0 bridgehead atoms. The van der Waals surface area contributed by atoms with Crippen LogP contribution in [0.4, 0.5) is 10.5 Å². The van der Waals surface area contributed by atoms with Gasteiger partial charge in [0.2, 0.25) is 0 Å². The van der Waals surface area contributed by atoms with Gasteiger partial charge in [-0.25, -0.2) is 18.8 Å². The summed E-state index contributed by atoms with van der Waals surface area (Å²) < 4.78 is 18.4. The van der Waals surface area contributed by atoms with E-state index in [1.165, 1.54) is 6.07 Å². The average molecular weight is 451 g/mol. The smallest absolute Gasteiger partial charge is 0.305 e. The number of carbonyl (C=O) groups excluding carboxylic acids is 1. The molecule has 166 valence electrons. The summed E-state index contributed by atoms with van der Waals surface area (Å²) in [5.41, 5.74) is 5.77. The second-order valence-corrected chi connectivity index (χ2v) is 10.7. The third-order valence-corrected chi connectivity index (χ3v) is 7.56. The van der Waals surface area contributed by atoms with Crippen LogP contribution in [0.15, 0.2) is 52.0 Å². The van der Waals surface area contributed by atoms with E-state index in [2.05, 4.69) is 28.6 Å². The van der Waals surface area contributed by atoms with Crippen LogP contribution in [0.1, 0.15) is 49.2 Å². The molecule has 0 unspecified atom stereocenters. The first-order valence-electron chi connectivity index (χ1n) is 10.8. The average Bonchev–Trinajstić information content (AvgIpc) is 3.48. The number of amides is 2. The Morgan fingerprint density at radius 1 is 1.16 bits per heavy atom. The van der Waals surface area contributed by atoms with Crippen LogP contribution in [0, 0.1) is 0 Å². The van der Waals surface area contributed by atoms with Crippen molar-refractivity contribution < 1.29 is 9.00 Å². The molecule has 2 amide bonds. The van der Waals surface area contributed by atoms with Crippen LogP contribution in [0.2, 0.25) is 0 Å². The molecule has 3 N–H and O–H groups in total. The normalized spacial score (nSPS) is 18.0. The van der Waals surface area contributed by atoms with Crippen LogP contribution >= 0.6 is 0 Å². The van der Waals surface area contributed by atoms with Gasteiger partial charge in [0.1, 0.15) is 0 Å². The molecule has 5 rings (SSSR count). The molecule has 8 nitrogen and oxygen atoms in total. The molecular weight excluding hydrogens is 424 g/mol. The number of nitrogens with zero attached hydrogens (tertiary/aromatic N) is 4. The van der Waals surface area contributed by atoms with Gasteiger partial charge in [0.25, 0.3) is 0 Å². The van der Waals surface area contributed by atoms with Crippen molar-refractivity contribution in [3.63, 3.8) is 0 Å². The zero-order chi connectivity index (χ0) is 22.5. The number of rotatable bonds is 3. The minimum Gasteiger partial charge on any atom is -0.305 e. The molecule has 2 aliphatic carbocycles. The highest BCUT2D eigenvalue weighted by atomic mass is 32.2. The van der Waals surface area contributed by atoms with Crippen molar-refractivity contribution in [2.75, 3.05) is 5.32 Å². The summed E-state index contributed by atoms with van der Waals surface area (Å²) in [5, 5.41) is 13.2. The fourth-order valence-corrected chi connectivity index (χ4v) is 5.47. The Balaban J connectivity index is 1.47. The second kappa shape index (κ2) is 7.53. The quantitative estimate of drug-likeness (QED) is 0.629. The SMILES string of the molecule is CC1(C)CCc2c1nc1c(c2NC(=O)N=[S@@](N)(=O)c2ccn(-c3ccccc3)n2)CCC1. The lowest BCUT2D eigenvalue weighted by molar-refractivity contribution is 0.260. The molecule has 0 fully saturated rings. The highest BCUT2D eigenvalue weighted by Crippen LogP contribution is 2.44. The lowest BCUT2D eigenvalue weighted by atomic mass is 9.90. The number of fused-ring (bicyclic) bond motifs is 2.